The molecular formula is C19H22FN3OS. The van der Waals surface area contributed by atoms with Crippen LogP contribution in [0.5, 0.6) is 0 Å². The number of nitrogens with zero attached hydrogens (tertiary/aromatic N) is 3. The Bertz CT molecular complexity index is 792. The van der Waals surface area contributed by atoms with Gasteiger partial charge >= 0.3 is 0 Å². The molecule has 0 spiro atoms. The molecule has 4 nitrogen and oxygen atoms in total. The number of hydrogen-bond acceptors (Lipinski definition) is 4. The largest absolute Gasteiger partial charge is 0.335 e. The van der Waals surface area contributed by atoms with Gasteiger partial charge in [-0.3, -0.25) is 9.69 Å². The van der Waals surface area contributed by atoms with E-state index >= 15 is 0 Å². The third kappa shape index (κ3) is 3.20. The van der Waals surface area contributed by atoms with Crippen molar-refractivity contribution in [3.63, 3.8) is 0 Å². The Morgan fingerprint density at radius 1 is 1.36 bits per heavy atom. The zero-order valence-corrected chi connectivity index (χ0v) is 15.3. The van der Waals surface area contributed by atoms with Gasteiger partial charge in [-0.05, 0) is 30.5 Å². The first-order chi connectivity index (χ1) is 12.0. The molecule has 3 atom stereocenters. The van der Waals surface area contributed by atoms with Gasteiger partial charge in [0.25, 0.3) is 0 Å². The zero-order chi connectivity index (χ0) is 17.6. The summed E-state index contributed by atoms with van der Waals surface area (Å²) in [5, 5.41) is 3.21. The number of carbonyl (C=O) groups excluding carboxylic acids is 1. The van der Waals surface area contributed by atoms with E-state index in [1.165, 1.54) is 6.07 Å². The molecule has 0 bridgehead atoms. The molecule has 0 unspecified atom stereocenters. The number of fused-ring (bicyclic) bond motifs is 1. The lowest BCUT2D eigenvalue weighted by atomic mass is 9.89. The third-order valence-corrected chi connectivity index (χ3v) is 6.21. The smallest absolute Gasteiger partial charge is 0.219 e. The Morgan fingerprint density at radius 3 is 2.88 bits per heavy atom. The summed E-state index contributed by atoms with van der Waals surface area (Å²) in [6, 6.07) is 6.69. The molecule has 2 aliphatic heterocycles. The molecule has 6 heteroatoms. The van der Waals surface area contributed by atoms with E-state index in [4.69, 9.17) is 0 Å². The summed E-state index contributed by atoms with van der Waals surface area (Å²) in [5.41, 5.74) is 2.03. The lowest BCUT2D eigenvalue weighted by molar-refractivity contribution is -0.130. The molecule has 1 aromatic carbocycles. The van der Waals surface area contributed by atoms with E-state index in [1.807, 2.05) is 17.9 Å². The van der Waals surface area contributed by atoms with Gasteiger partial charge in [-0.15, -0.1) is 11.3 Å². The average molecular weight is 359 g/mol. The maximum Gasteiger partial charge on any atom is 0.219 e. The highest BCUT2D eigenvalue weighted by atomic mass is 32.1. The average Bonchev–Trinajstić information content (AvgIpc) is 3.21. The molecule has 0 aliphatic carbocycles. The van der Waals surface area contributed by atoms with Crippen LogP contribution in [0.1, 0.15) is 29.2 Å². The topological polar surface area (TPSA) is 36.4 Å². The normalized spacial score (nSPS) is 26.2. The van der Waals surface area contributed by atoms with E-state index in [0.717, 1.165) is 42.4 Å². The SMILES string of the molecule is CC(=O)N1C[C@H]2CN(Cc3csc(C)n3)C[C@H]2[C@@H]1c1cccc(F)c1. The molecular weight excluding hydrogens is 337 g/mol. The number of likely N-dealkylation sites (tertiary alicyclic amines) is 2. The standard InChI is InChI=1S/C19H22FN3OS/c1-12-21-17(11-25-12)9-22-7-15-8-23(13(2)24)19(18(15)10-22)14-4-3-5-16(20)6-14/h3-6,11,15,18-19H,7-10H2,1-2H3/t15-,18-,19+/m1/s1. The van der Waals surface area contributed by atoms with Gasteiger partial charge in [-0.1, -0.05) is 12.1 Å². The molecule has 25 heavy (non-hydrogen) atoms. The second-order valence-corrected chi connectivity index (χ2v) is 8.21. The third-order valence-electron chi connectivity index (χ3n) is 5.39. The maximum absolute atomic E-state index is 13.7. The van der Waals surface area contributed by atoms with Crippen LogP contribution in [0.2, 0.25) is 0 Å². The van der Waals surface area contributed by atoms with Crippen LogP contribution < -0.4 is 0 Å². The van der Waals surface area contributed by atoms with Gasteiger partial charge in [-0.25, -0.2) is 9.37 Å². The Hall–Kier alpha value is -1.79. The Labute approximate surface area is 151 Å². The maximum atomic E-state index is 13.7. The van der Waals surface area contributed by atoms with Crippen LogP contribution in [0.15, 0.2) is 29.6 Å². The minimum Gasteiger partial charge on any atom is -0.335 e. The van der Waals surface area contributed by atoms with Gasteiger partial charge < -0.3 is 4.90 Å². The number of rotatable bonds is 3. The van der Waals surface area contributed by atoms with Crippen molar-refractivity contribution in [2.45, 2.75) is 26.4 Å². The van der Waals surface area contributed by atoms with Crippen molar-refractivity contribution in [3.05, 3.63) is 51.7 Å². The predicted octanol–water partition coefficient (Wildman–Crippen LogP) is 3.24. The summed E-state index contributed by atoms with van der Waals surface area (Å²) in [6.45, 7) is 7.14. The molecule has 1 aromatic heterocycles. The summed E-state index contributed by atoms with van der Waals surface area (Å²) in [5.74, 6) is 0.630. The van der Waals surface area contributed by atoms with Crippen LogP contribution in [0.25, 0.3) is 0 Å². The van der Waals surface area contributed by atoms with Crippen molar-refractivity contribution in [1.29, 1.82) is 0 Å². The fourth-order valence-corrected chi connectivity index (χ4v) is 5.02. The van der Waals surface area contributed by atoms with Crippen molar-refractivity contribution in [2.75, 3.05) is 19.6 Å². The molecule has 4 rings (SSSR count). The number of aryl methyl sites for hydroxylation is 1. The van der Waals surface area contributed by atoms with Gasteiger partial charge in [0, 0.05) is 44.4 Å². The van der Waals surface area contributed by atoms with Crippen LogP contribution >= 0.6 is 11.3 Å². The highest BCUT2D eigenvalue weighted by Crippen LogP contribution is 2.45. The second kappa shape index (κ2) is 6.50. The van der Waals surface area contributed by atoms with Gasteiger partial charge in [0.2, 0.25) is 5.91 Å². The summed E-state index contributed by atoms with van der Waals surface area (Å²) < 4.78 is 13.7. The summed E-state index contributed by atoms with van der Waals surface area (Å²) in [4.78, 5) is 21.0. The number of benzene rings is 1. The van der Waals surface area contributed by atoms with Crippen LogP contribution in [0.4, 0.5) is 4.39 Å². The van der Waals surface area contributed by atoms with E-state index in [1.54, 1.807) is 30.4 Å². The molecule has 0 saturated carbocycles. The van der Waals surface area contributed by atoms with Crippen molar-refractivity contribution in [1.82, 2.24) is 14.8 Å². The number of halogens is 1. The molecule has 3 heterocycles. The molecule has 2 fully saturated rings. The first kappa shape index (κ1) is 16.7. The van der Waals surface area contributed by atoms with Gasteiger partial charge in [0.05, 0.1) is 16.7 Å². The Morgan fingerprint density at radius 2 is 2.20 bits per heavy atom. The van der Waals surface area contributed by atoms with Crippen LogP contribution in [-0.4, -0.2) is 40.3 Å². The molecule has 0 N–H and O–H groups in total. The van der Waals surface area contributed by atoms with E-state index in [2.05, 4.69) is 15.3 Å². The lowest BCUT2D eigenvalue weighted by Gasteiger charge is -2.29. The van der Waals surface area contributed by atoms with Crippen LogP contribution in [-0.2, 0) is 11.3 Å². The van der Waals surface area contributed by atoms with E-state index in [-0.39, 0.29) is 17.8 Å². The quantitative estimate of drug-likeness (QED) is 0.844. The fourth-order valence-electron chi connectivity index (χ4n) is 4.42. The number of amides is 1. The van der Waals surface area contributed by atoms with Crippen LogP contribution in [0, 0.1) is 24.6 Å². The van der Waals surface area contributed by atoms with E-state index in [9.17, 15) is 9.18 Å². The zero-order valence-electron chi connectivity index (χ0n) is 14.5. The summed E-state index contributed by atoms with van der Waals surface area (Å²) >= 11 is 1.68. The number of carbonyl (C=O) groups is 1. The highest BCUT2D eigenvalue weighted by Gasteiger charge is 2.48. The van der Waals surface area contributed by atoms with Crippen molar-refractivity contribution < 1.29 is 9.18 Å². The first-order valence-corrected chi connectivity index (χ1v) is 9.55. The monoisotopic (exact) mass is 359 g/mol. The Kier molecular flexibility index (Phi) is 4.33. The van der Waals surface area contributed by atoms with E-state index < -0.39 is 0 Å². The van der Waals surface area contributed by atoms with Crippen LogP contribution in [0.3, 0.4) is 0 Å². The van der Waals surface area contributed by atoms with Gasteiger partial charge in [-0.2, -0.15) is 0 Å². The van der Waals surface area contributed by atoms with Crippen molar-refractivity contribution in [3.8, 4) is 0 Å². The van der Waals surface area contributed by atoms with Gasteiger partial charge in [0.1, 0.15) is 5.82 Å². The van der Waals surface area contributed by atoms with Gasteiger partial charge in [0.15, 0.2) is 0 Å². The fraction of sp³-hybridized carbons (Fsp3) is 0.474. The Balaban J connectivity index is 1.56. The second-order valence-electron chi connectivity index (χ2n) is 7.15. The summed E-state index contributed by atoms with van der Waals surface area (Å²) in [7, 11) is 0. The number of hydrogen-bond donors (Lipinski definition) is 0. The van der Waals surface area contributed by atoms with Crippen molar-refractivity contribution in [2.24, 2.45) is 11.8 Å². The minimum absolute atomic E-state index is 0.0274. The minimum atomic E-state index is -0.239. The lowest BCUT2D eigenvalue weighted by Crippen LogP contribution is -2.34. The van der Waals surface area contributed by atoms with Crippen molar-refractivity contribution >= 4 is 17.2 Å². The predicted molar refractivity (Wildman–Crippen MR) is 95.6 cm³/mol. The molecule has 2 aromatic rings. The number of thiazole rings is 1. The highest BCUT2D eigenvalue weighted by molar-refractivity contribution is 7.09. The molecule has 1 amide bonds. The molecule has 132 valence electrons. The molecule has 2 aliphatic rings. The van der Waals surface area contributed by atoms with E-state index in [0.29, 0.717) is 11.8 Å². The summed E-state index contributed by atoms with van der Waals surface area (Å²) in [6.07, 6.45) is 0. The first-order valence-electron chi connectivity index (χ1n) is 8.67. The number of aromatic nitrogens is 1. The molecule has 2 saturated heterocycles. The molecule has 0 radical (unpaired) electrons.